The minimum atomic E-state index is -0.105. The van der Waals surface area contributed by atoms with Gasteiger partial charge in [0.25, 0.3) is 6.71 Å². The van der Waals surface area contributed by atoms with Gasteiger partial charge in [-0.2, -0.15) is 0 Å². The third-order valence-electron chi connectivity index (χ3n) is 14.2. The number of para-hydroxylation sites is 2. The summed E-state index contributed by atoms with van der Waals surface area (Å²) in [5, 5.41) is 2.50. The molecule has 0 radical (unpaired) electrons. The number of ether oxygens (including phenoxy) is 1. The first-order valence-corrected chi connectivity index (χ1v) is 24.1. The topological polar surface area (TPSA) is 17.4 Å². The van der Waals surface area contributed by atoms with Crippen LogP contribution < -0.4 is 26.0 Å². The van der Waals surface area contributed by atoms with Gasteiger partial charge in [0.2, 0.25) is 0 Å². The minimum absolute atomic E-state index is 0.0743. The normalized spacial score (nSPS) is 12.8. The molecule has 12 rings (SSSR count). The zero-order valence-corrected chi connectivity index (χ0v) is 38.8. The van der Waals surface area contributed by atoms with Gasteiger partial charge in [-0.3, -0.25) is 0 Å². The number of anilines is 3. The van der Waals surface area contributed by atoms with E-state index in [1.807, 2.05) is 0 Å². The van der Waals surface area contributed by atoms with Crippen molar-refractivity contribution in [2.45, 2.75) is 58.8 Å². The van der Waals surface area contributed by atoms with Crippen LogP contribution in [0, 0.1) is 0 Å². The van der Waals surface area contributed by atoms with Crippen molar-refractivity contribution in [3.63, 3.8) is 0 Å². The molecule has 10 aromatic rings. The summed E-state index contributed by atoms with van der Waals surface area (Å²) in [4.78, 5) is 2.64. The zero-order valence-electron chi connectivity index (χ0n) is 38.8. The van der Waals surface area contributed by atoms with Gasteiger partial charge in [0.05, 0.1) is 16.7 Å². The highest BCUT2D eigenvalue weighted by Crippen LogP contribution is 2.51. The van der Waals surface area contributed by atoms with Crippen LogP contribution in [0.3, 0.4) is 0 Å². The first-order chi connectivity index (χ1) is 32.8. The Labute approximate surface area is 395 Å². The molecule has 324 valence electrons. The maximum atomic E-state index is 7.20. The summed E-state index contributed by atoms with van der Waals surface area (Å²) < 4.78 is 9.67. The van der Waals surface area contributed by atoms with E-state index in [4.69, 9.17) is 4.74 Å². The number of fused-ring (bicyclic) bond motifs is 7. The second-order valence-corrected chi connectivity index (χ2v) is 19.5. The molecular formula is C63H53BN2O. The number of benzene rings is 9. The zero-order chi connectivity index (χ0) is 45.2. The van der Waals surface area contributed by atoms with Gasteiger partial charge in [0.15, 0.2) is 0 Å². The van der Waals surface area contributed by atoms with Crippen molar-refractivity contribution >= 4 is 62.0 Å². The van der Waals surface area contributed by atoms with Gasteiger partial charge in [-0.25, -0.2) is 0 Å². The third-order valence-corrected chi connectivity index (χ3v) is 14.2. The van der Waals surface area contributed by atoms with Crippen LogP contribution in [0.25, 0.3) is 60.9 Å². The Hall–Kier alpha value is -7.56. The van der Waals surface area contributed by atoms with E-state index in [9.17, 15) is 0 Å². The molecule has 0 saturated heterocycles. The van der Waals surface area contributed by atoms with E-state index < -0.39 is 0 Å². The number of aryl methyl sites for hydroxylation is 1. The van der Waals surface area contributed by atoms with Crippen LogP contribution in [-0.4, -0.2) is 11.3 Å². The number of rotatable bonds is 9. The molecule has 0 amide bonds. The predicted octanol–water partition coefficient (Wildman–Crippen LogP) is 15.2. The molecule has 0 unspecified atom stereocenters. The summed E-state index contributed by atoms with van der Waals surface area (Å²) in [6.45, 7) is 9.21. The van der Waals surface area contributed by atoms with Crippen molar-refractivity contribution in [1.29, 1.82) is 0 Å². The average Bonchev–Trinajstić information content (AvgIpc) is 3.70. The number of hydrogen-bond acceptors (Lipinski definition) is 2. The number of nitrogens with zero attached hydrogens (tertiary/aromatic N) is 2. The van der Waals surface area contributed by atoms with Crippen molar-refractivity contribution in [3.05, 3.63) is 211 Å². The lowest BCUT2D eigenvalue weighted by atomic mass is 9.34. The first-order valence-electron chi connectivity index (χ1n) is 24.1. The fourth-order valence-corrected chi connectivity index (χ4v) is 10.9. The van der Waals surface area contributed by atoms with Crippen LogP contribution in [0.1, 0.15) is 58.1 Å². The SMILES string of the molecule is CCCCCc1cc2c3c(c1)N(c1c(-c4ccccc4)cc(C(C)(C)C)cc1-c1ccccc1)c1cc(-n4c5ccccc5c5ccccc54)ccc1B3c1cc(-c3ccccc3)ccc1O2. The molecular weight excluding hydrogens is 812 g/mol. The van der Waals surface area contributed by atoms with Gasteiger partial charge < -0.3 is 14.2 Å². The fourth-order valence-electron chi connectivity index (χ4n) is 10.9. The molecule has 9 aromatic carbocycles. The lowest BCUT2D eigenvalue weighted by molar-refractivity contribution is 0.486. The molecule has 3 heterocycles. The quantitative estimate of drug-likeness (QED) is 0.106. The molecule has 0 N–H and O–H groups in total. The summed E-state index contributed by atoms with van der Waals surface area (Å²) in [7, 11) is 0. The molecule has 4 heteroatoms. The predicted molar refractivity (Wildman–Crippen MR) is 285 cm³/mol. The van der Waals surface area contributed by atoms with Gasteiger partial charge in [-0.05, 0) is 123 Å². The Balaban J connectivity index is 1.22. The number of aromatic nitrogens is 1. The van der Waals surface area contributed by atoms with E-state index in [2.05, 4.69) is 237 Å². The van der Waals surface area contributed by atoms with Crippen LogP contribution >= 0.6 is 0 Å². The monoisotopic (exact) mass is 864 g/mol. The smallest absolute Gasteiger partial charge is 0.256 e. The fraction of sp³-hybridized carbons (Fsp3) is 0.143. The van der Waals surface area contributed by atoms with E-state index in [-0.39, 0.29) is 12.1 Å². The maximum Gasteiger partial charge on any atom is 0.256 e. The second kappa shape index (κ2) is 16.4. The average molecular weight is 865 g/mol. The van der Waals surface area contributed by atoms with Crippen LogP contribution in [0.2, 0.25) is 0 Å². The third kappa shape index (κ3) is 6.97. The van der Waals surface area contributed by atoms with Gasteiger partial charge in [0, 0.05) is 39.0 Å². The molecule has 0 aliphatic carbocycles. The summed E-state index contributed by atoms with van der Waals surface area (Å²) in [6, 6.07) is 74.4. The Morgan fingerprint density at radius 3 is 1.70 bits per heavy atom. The van der Waals surface area contributed by atoms with Crippen molar-refractivity contribution in [3.8, 4) is 50.6 Å². The van der Waals surface area contributed by atoms with Crippen molar-refractivity contribution < 1.29 is 4.74 Å². The van der Waals surface area contributed by atoms with Gasteiger partial charge >= 0.3 is 0 Å². The first kappa shape index (κ1) is 40.9. The van der Waals surface area contributed by atoms with Crippen molar-refractivity contribution in [2.75, 3.05) is 4.90 Å². The molecule has 2 aliphatic rings. The van der Waals surface area contributed by atoms with Gasteiger partial charge in [-0.15, -0.1) is 0 Å². The highest BCUT2D eigenvalue weighted by atomic mass is 16.5. The Kier molecular flexibility index (Phi) is 10.0. The molecule has 0 spiro atoms. The van der Waals surface area contributed by atoms with Crippen LogP contribution in [0.15, 0.2) is 200 Å². The number of hydrogen-bond donors (Lipinski definition) is 0. The summed E-state index contributed by atoms with van der Waals surface area (Å²) in [5.74, 6) is 1.87. The molecule has 3 nitrogen and oxygen atoms in total. The molecule has 0 atom stereocenters. The molecule has 0 saturated carbocycles. The maximum absolute atomic E-state index is 7.20. The van der Waals surface area contributed by atoms with E-state index in [0.29, 0.717) is 0 Å². The lowest BCUT2D eigenvalue weighted by Crippen LogP contribution is -2.59. The van der Waals surface area contributed by atoms with Crippen molar-refractivity contribution in [1.82, 2.24) is 4.57 Å². The van der Waals surface area contributed by atoms with Crippen LogP contribution in [-0.2, 0) is 11.8 Å². The Morgan fingerprint density at radius 2 is 1.09 bits per heavy atom. The summed E-state index contributed by atoms with van der Waals surface area (Å²) in [5.41, 5.74) is 20.3. The van der Waals surface area contributed by atoms with E-state index in [1.165, 1.54) is 113 Å². The van der Waals surface area contributed by atoms with E-state index >= 15 is 0 Å². The largest absolute Gasteiger partial charge is 0.458 e. The van der Waals surface area contributed by atoms with E-state index in [1.54, 1.807) is 0 Å². The number of unbranched alkanes of at least 4 members (excludes halogenated alkanes) is 2. The molecule has 0 bridgehead atoms. The highest BCUT2D eigenvalue weighted by Gasteiger charge is 2.43. The summed E-state index contributed by atoms with van der Waals surface area (Å²) >= 11 is 0. The minimum Gasteiger partial charge on any atom is -0.458 e. The molecule has 67 heavy (non-hydrogen) atoms. The van der Waals surface area contributed by atoms with Crippen molar-refractivity contribution in [2.24, 2.45) is 0 Å². The molecule has 0 fully saturated rings. The van der Waals surface area contributed by atoms with E-state index in [0.717, 1.165) is 30.0 Å². The summed E-state index contributed by atoms with van der Waals surface area (Å²) in [6.07, 6.45) is 4.44. The van der Waals surface area contributed by atoms with Crippen LogP contribution in [0.4, 0.5) is 17.1 Å². The Bertz CT molecular complexity index is 3380. The highest BCUT2D eigenvalue weighted by molar-refractivity contribution is 6.99. The van der Waals surface area contributed by atoms with Crippen LogP contribution in [0.5, 0.6) is 11.5 Å². The standard InChI is InChI=1S/C63H53BN2O/c1-5-6-10-21-42-36-58-61-60(37-42)67-59-35-32-46(43-22-11-7-12-23-43)38-54(59)64(61)53-34-33-48(65-55-30-19-17-28-49(55)50-29-18-20-31-56(50)65)41-57(53)66(58)62-51(44-24-13-8-14-25-44)39-47(63(2,3)4)40-52(62)45-26-15-9-16-27-45/h7-9,11-20,22-41H,5-6,10,21H2,1-4H3. The Morgan fingerprint density at radius 1 is 0.493 bits per heavy atom. The molecule has 1 aromatic heterocycles. The second-order valence-electron chi connectivity index (χ2n) is 19.5. The molecule has 2 aliphatic heterocycles. The van der Waals surface area contributed by atoms with Gasteiger partial charge in [-0.1, -0.05) is 186 Å². The lowest BCUT2D eigenvalue weighted by Gasteiger charge is -2.42. The van der Waals surface area contributed by atoms with Gasteiger partial charge in [0.1, 0.15) is 11.5 Å².